The van der Waals surface area contributed by atoms with Gasteiger partial charge in [0.05, 0.1) is 0 Å². The van der Waals surface area contributed by atoms with Crippen molar-refractivity contribution in [3.8, 4) is 0 Å². The zero-order chi connectivity index (χ0) is 16.0. The molecule has 4 nitrogen and oxygen atoms in total. The highest BCUT2D eigenvalue weighted by atomic mass is 16.2. The van der Waals surface area contributed by atoms with E-state index in [9.17, 15) is 4.79 Å². The van der Waals surface area contributed by atoms with Crippen LogP contribution in [0.2, 0.25) is 0 Å². The first-order valence-electron chi connectivity index (χ1n) is 8.34. The van der Waals surface area contributed by atoms with Crippen LogP contribution in [-0.4, -0.2) is 25.0 Å². The van der Waals surface area contributed by atoms with Crippen molar-refractivity contribution in [1.82, 2.24) is 0 Å². The number of amides is 1. The summed E-state index contributed by atoms with van der Waals surface area (Å²) in [6, 6.07) is 6.55. The first kappa shape index (κ1) is 15.3. The largest absolute Gasteiger partial charge is 0.371 e. The van der Waals surface area contributed by atoms with Crippen LogP contribution in [0.4, 0.5) is 11.4 Å². The molecule has 4 heteroatoms. The molecule has 1 fully saturated rings. The second-order valence-corrected chi connectivity index (χ2v) is 7.10. The van der Waals surface area contributed by atoms with Gasteiger partial charge in [0.1, 0.15) is 0 Å². The summed E-state index contributed by atoms with van der Waals surface area (Å²) < 4.78 is 0. The maximum Gasteiger partial charge on any atom is 0.224 e. The number of hydrogen-bond acceptors (Lipinski definition) is 3. The molecule has 1 aromatic carbocycles. The van der Waals surface area contributed by atoms with Gasteiger partial charge in [-0.1, -0.05) is 13.8 Å². The van der Waals surface area contributed by atoms with Gasteiger partial charge in [-0.25, -0.2) is 0 Å². The Kier molecular flexibility index (Phi) is 3.89. The number of nitrogens with two attached hydrogens (primary N) is 1. The Bertz CT molecular complexity index is 586. The Labute approximate surface area is 133 Å². The molecule has 2 unspecified atom stereocenters. The maximum absolute atomic E-state index is 12.1. The molecule has 1 saturated heterocycles. The average molecular weight is 301 g/mol. The van der Waals surface area contributed by atoms with Crippen molar-refractivity contribution in [2.75, 3.05) is 22.9 Å². The fourth-order valence-electron chi connectivity index (χ4n) is 3.89. The van der Waals surface area contributed by atoms with Crippen molar-refractivity contribution in [2.24, 2.45) is 17.6 Å². The lowest BCUT2D eigenvalue weighted by Gasteiger charge is -2.42. The monoisotopic (exact) mass is 301 g/mol. The van der Waals surface area contributed by atoms with Crippen LogP contribution in [-0.2, 0) is 4.79 Å². The van der Waals surface area contributed by atoms with Gasteiger partial charge in [-0.05, 0) is 48.9 Å². The molecule has 0 aromatic heterocycles. The van der Waals surface area contributed by atoms with E-state index in [4.69, 9.17) is 5.73 Å². The van der Waals surface area contributed by atoms with Crippen molar-refractivity contribution < 1.29 is 4.79 Å². The Morgan fingerprint density at radius 1 is 1.27 bits per heavy atom. The van der Waals surface area contributed by atoms with Gasteiger partial charge in [-0.2, -0.15) is 0 Å². The molecule has 0 radical (unpaired) electrons. The predicted molar refractivity (Wildman–Crippen MR) is 91.2 cm³/mol. The van der Waals surface area contributed by atoms with Crippen molar-refractivity contribution in [3.63, 3.8) is 0 Å². The lowest BCUT2D eigenvalue weighted by atomic mass is 9.83. The van der Waals surface area contributed by atoms with E-state index >= 15 is 0 Å². The summed E-state index contributed by atoms with van der Waals surface area (Å²) in [6.07, 6.45) is 1.25. The van der Waals surface area contributed by atoms with E-state index in [-0.39, 0.29) is 23.9 Å². The minimum atomic E-state index is -0.0134. The van der Waals surface area contributed by atoms with Crippen LogP contribution < -0.4 is 15.5 Å². The summed E-state index contributed by atoms with van der Waals surface area (Å²) in [6.45, 7) is 10.4. The zero-order valence-corrected chi connectivity index (χ0v) is 14.0. The molecule has 1 aromatic rings. The molecule has 22 heavy (non-hydrogen) atoms. The average Bonchev–Trinajstić information content (AvgIpc) is 2.91. The minimum Gasteiger partial charge on any atom is -0.371 e. The summed E-state index contributed by atoms with van der Waals surface area (Å²) in [7, 11) is 0. The molecular weight excluding hydrogens is 274 g/mol. The Morgan fingerprint density at radius 3 is 2.59 bits per heavy atom. The van der Waals surface area contributed by atoms with E-state index in [0.717, 1.165) is 30.3 Å². The van der Waals surface area contributed by atoms with Crippen molar-refractivity contribution in [1.29, 1.82) is 0 Å². The third kappa shape index (κ3) is 2.39. The summed E-state index contributed by atoms with van der Waals surface area (Å²) in [4.78, 5) is 16.4. The van der Waals surface area contributed by atoms with Gasteiger partial charge in [0, 0.05) is 43.5 Å². The zero-order valence-electron chi connectivity index (χ0n) is 14.0. The van der Waals surface area contributed by atoms with Crippen LogP contribution in [0.5, 0.6) is 0 Å². The van der Waals surface area contributed by atoms with Gasteiger partial charge in [-0.15, -0.1) is 0 Å². The van der Waals surface area contributed by atoms with Crippen LogP contribution in [0, 0.1) is 11.8 Å². The second kappa shape index (κ2) is 5.58. The van der Waals surface area contributed by atoms with Gasteiger partial charge in [0.2, 0.25) is 5.91 Å². The standard InChI is InChI=1S/C18H27N3O/c1-11-7-8-20(10-11)15-5-6-17-16(9-15)18(19)12(2)13(3)21(17)14(4)22/h5-6,9,11-13,18H,7-8,10,19H2,1-4H3/t11?,12-,13-,18?/m0/s1. The quantitative estimate of drug-likeness (QED) is 0.867. The minimum absolute atomic E-state index is 0.0134. The molecule has 2 aliphatic heterocycles. The highest BCUT2D eigenvalue weighted by Gasteiger charge is 2.36. The molecule has 0 aliphatic carbocycles. The van der Waals surface area contributed by atoms with Gasteiger partial charge >= 0.3 is 0 Å². The van der Waals surface area contributed by atoms with Crippen molar-refractivity contribution >= 4 is 17.3 Å². The first-order chi connectivity index (χ1) is 10.4. The Morgan fingerprint density at radius 2 is 2.00 bits per heavy atom. The highest BCUT2D eigenvalue weighted by Crippen LogP contribution is 2.41. The number of fused-ring (bicyclic) bond motifs is 1. The number of benzene rings is 1. The van der Waals surface area contributed by atoms with Gasteiger partial charge in [-0.3, -0.25) is 4.79 Å². The Hall–Kier alpha value is -1.55. The number of anilines is 2. The molecular formula is C18H27N3O. The summed E-state index contributed by atoms with van der Waals surface area (Å²) in [5.41, 5.74) is 9.82. The Balaban J connectivity index is 2.01. The smallest absolute Gasteiger partial charge is 0.224 e. The van der Waals surface area contributed by atoms with Crippen LogP contribution in [0.1, 0.15) is 45.7 Å². The van der Waals surface area contributed by atoms with Crippen LogP contribution >= 0.6 is 0 Å². The molecule has 2 N–H and O–H groups in total. The fourth-order valence-corrected chi connectivity index (χ4v) is 3.89. The van der Waals surface area contributed by atoms with Crippen LogP contribution in [0.25, 0.3) is 0 Å². The third-order valence-corrected chi connectivity index (χ3v) is 5.49. The number of carbonyl (C=O) groups is 1. The lowest BCUT2D eigenvalue weighted by Crippen LogP contribution is -2.48. The molecule has 1 amide bonds. The fraction of sp³-hybridized carbons (Fsp3) is 0.611. The summed E-state index contributed by atoms with van der Waals surface area (Å²) in [5, 5.41) is 0. The molecule has 4 atom stereocenters. The predicted octanol–water partition coefficient (Wildman–Crippen LogP) is 2.92. The topological polar surface area (TPSA) is 49.6 Å². The summed E-state index contributed by atoms with van der Waals surface area (Å²) >= 11 is 0. The van der Waals surface area contributed by atoms with E-state index in [1.165, 1.54) is 12.1 Å². The van der Waals surface area contributed by atoms with E-state index < -0.39 is 0 Å². The van der Waals surface area contributed by atoms with Crippen molar-refractivity contribution in [3.05, 3.63) is 23.8 Å². The molecule has 0 saturated carbocycles. The second-order valence-electron chi connectivity index (χ2n) is 7.10. The van der Waals surface area contributed by atoms with Gasteiger partial charge in [0.25, 0.3) is 0 Å². The maximum atomic E-state index is 12.1. The van der Waals surface area contributed by atoms with Crippen LogP contribution in [0.3, 0.4) is 0 Å². The number of nitrogens with zero attached hydrogens (tertiary/aromatic N) is 2. The molecule has 0 spiro atoms. The van der Waals surface area contributed by atoms with E-state index in [0.29, 0.717) is 0 Å². The van der Waals surface area contributed by atoms with E-state index in [1.807, 2.05) is 4.90 Å². The molecule has 2 heterocycles. The number of hydrogen-bond donors (Lipinski definition) is 1. The van der Waals surface area contributed by atoms with E-state index in [2.05, 4.69) is 43.9 Å². The van der Waals surface area contributed by atoms with Crippen molar-refractivity contribution in [2.45, 2.75) is 46.2 Å². The van der Waals surface area contributed by atoms with E-state index in [1.54, 1.807) is 6.92 Å². The van der Waals surface area contributed by atoms with Gasteiger partial charge in [0.15, 0.2) is 0 Å². The van der Waals surface area contributed by atoms with Gasteiger partial charge < -0.3 is 15.5 Å². The lowest BCUT2D eigenvalue weighted by molar-refractivity contribution is -0.117. The first-order valence-corrected chi connectivity index (χ1v) is 8.34. The summed E-state index contributed by atoms with van der Waals surface area (Å²) in [5.74, 6) is 1.09. The SMILES string of the molecule is CC(=O)N1c2ccc(N3CCC(C)C3)cc2C(N)[C@@H](C)[C@@H]1C. The molecule has 120 valence electrons. The third-order valence-electron chi connectivity index (χ3n) is 5.49. The normalized spacial score (nSPS) is 31.3. The number of carbonyl (C=O) groups excluding carboxylic acids is 1. The highest BCUT2D eigenvalue weighted by molar-refractivity contribution is 5.94. The molecule has 3 rings (SSSR count). The molecule has 2 aliphatic rings. The number of rotatable bonds is 1. The molecule has 0 bridgehead atoms. The van der Waals surface area contributed by atoms with Crippen LogP contribution in [0.15, 0.2) is 18.2 Å².